The Morgan fingerprint density at radius 2 is 2.00 bits per heavy atom. The lowest BCUT2D eigenvalue weighted by Gasteiger charge is -2.18. The molecule has 0 N–H and O–H groups in total. The number of rotatable bonds is 3. The van der Waals surface area contributed by atoms with Crippen molar-refractivity contribution in [1.82, 2.24) is 4.98 Å². The van der Waals surface area contributed by atoms with Gasteiger partial charge in [0.1, 0.15) is 11.6 Å². The van der Waals surface area contributed by atoms with E-state index in [1.54, 1.807) is 0 Å². The van der Waals surface area contributed by atoms with Crippen LogP contribution in [0.3, 0.4) is 0 Å². The highest BCUT2D eigenvalue weighted by atomic mass is 19.4. The van der Waals surface area contributed by atoms with E-state index >= 15 is 0 Å². The summed E-state index contributed by atoms with van der Waals surface area (Å²) in [5.41, 5.74) is -0.545. The summed E-state index contributed by atoms with van der Waals surface area (Å²) in [4.78, 5) is 15.9. The molecule has 1 aromatic rings. The van der Waals surface area contributed by atoms with Crippen LogP contribution in [0.2, 0.25) is 0 Å². The van der Waals surface area contributed by atoms with Gasteiger partial charge >= 0.3 is 6.18 Å². The van der Waals surface area contributed by atoms with E-state index in [0.717, 1.165) is 6.07 Å². The molecular formula is C11H13F3N2O. The molecule has 0 spiro atoms. The molecule has 0 aliphatic carbocycles. The van der Waals surface area contributed by atoms with E-state index in [0.29, 0.717) is 0 Å². The Bertz CT molecular complexity index is 427. The molecule has 1 aromatic heterocycles. The molecule has 1 heterocycles. The van der Waals surface area contributed by atoms with Crippen molar-refractivity contribution in [2.24, 2.45) is 0 Å². The molecule has 0 amide bonds. The number of hydrogen-bond donors (Lipinski definition) is 0. The molecule has 0 aliphatic rings. The third-order valence-corrected chi connectivity index (χ3v) is 2.11. The van der Waals surface area contributed by atoms with Crippen LogP contribution in [0.4, 0.5) is 19.0 Å². The van der Waals surface area contributed by atoms with Gasteiger partial charge in [-0.25, -0.2) is 4.98 Å². The fraction of sp³-hybridized carbons (Fsp3) is 0.455. The molecule has 0 unspecified atom stereocenters. The Balaban J connectivity index is 3.24. The summed E-state index contributed by atoms with van der Waals surface area (Å²) >= 11 is 0. The van der Waals surface area contributed by atoms with Crippen molar-refractivity contribution in [2.45, 2.75) is 19.5 Å². The average molecular weight is 246 g/mol. The van der Waals surface area contributed by atoms with Gasteiger partial charge in [0.2, 0.25) is 0 Å². The number of ketones is 1. The summed E-state index contributed by atoms with van der Waals surface area (Å²) in [6, 6.07) is 0.976. The van der Waals surface area contributed by atoms with Gasteiger partial charge in [0, 0.05) is 26.7 Å². The maximum atomic E-state index is 12.8. The fourth-order valence-corrected chi connectivity index (χ4v) is 1.45. The van der Waals surface area contributed by atoms with Gasteiger partial charge in [-0.3, -0.25) is 4.79 Å². The minimum absolute atomic E-state index is 0.0379. The van der Waals surface area contributed by atoms with Crippen LogP contribution in [-0.2, 0) is 17.4 Å². The van der Waals surface area contributed by atoms with Crippen molar-refractivity contribution < 1.29 is 18.0 Å². The molecule has 1 rings (SSSR count). The second-order valence-electron chi connectivity index (χ2n) is 3.99. The Morgan fingerprint density at radius 3 is 2.41 bits per heavy atom. The van der Waals surface area contributed by atoms with E-state index in [9.17, 15) is 18.0 Å². The molecule has 94 valence electrons. The highest BCUT2D eigenvalue weighted by Gasteiger charge is 2.35. The Labute approximate surface area is 97.3 Å². The number of anilines is 1. The van der Waals surface area contributed by atoms with Gasteiger partial charge in [0.05, 0.1) is 5.56 Å². The van der Waals surface area contributed by atoms with Gasteiger partial charge in [-0.15, -0.1) is 0 Å². The van der Waals surface area contributed by atoms with E-state index in [2.05, 4.69) is 4.98 Å². The molecule has 3 nitrogen and oxygen atoms in total. The molecular weight excluding hydrogens is 233 g/mol. The SMILES string of the molecule is CC(=O)Cc1cnc(N(C)C)c(C(F)(F)F)c1. The van der Waals surface area contributed by atoms with Crippen LogP contribution in [0.15, 0.2) is 12.3 Å². The van der Waals surface area contributed by atoms with E-state index in [-0.39, 0.29) is 23.6 Å². The zero-order valence-corrected chi connectivity index (χ0v) is 9.80. The molecule has 0 saturated heterocycles. The molecule has 6 heteroatoms. The average Bonchev–Trinajstić information content (AvgIpc) is 2.14. The van der Waals surface area contributed by atoms with E-state index in [1.165, 1.54) is 32.1 Å². The number of aromatic nitrogens is 1. The van der Waals surface area contributed by atoms with Crippen LogP contribution in [0, 0.1) is 0 Å². The summed E-state index contributed by atoms with van der Waals surface area (Å²) in [5, 5.41) is 0. The summed E-state index contributed by atoms with van der Waals surface area (Å²) in [7, 11) is 2.98. The first-order chi connectivity index (χ1) is 7.71. The zero-order chi connectivity index (χ0) is 13.2. The highest BCUT2D eigenvalue weighted by Crippen LogP contribution is 2.35. The third-order valence-electron chi connectivity index (χ3n) is 2.11. The van der Waals surface area contributed by atoms with Crippen LogP contribution in [0.5, 0.6) is 0 Å². The number of alkyl halides is 3. The van der Waals surface area contributed by atoms with Crippen molar-refractivity contribution in [3.05, 3.63) is 23.4 Å². The molecule has 0 bridgehead atoms. The Kier molecular flexibility index (Phi) is 3.75. The minimum Gasteiger partial charge on any atom is -0.362 e. The second kappa shape index (κ2) is 4.73. The topological polar surface area (TPSA) is 33.2 Å². The normalized spacial score (nSPS) is 11.4. The molecule has 17 heavy (non-hydrogen) atoms. The fourth-order valence-electron chi connectivity index (χ4n) is 1.45. The van der Waals surface area contributed by atoms with E-state index in [1.807, 2.05) is 0 Å². The smallest absolute Gasteiger partial charge is 0.362 e. The minimum atomic E-state index is -4.47. The predicted molar refractivity (Wildman–Crippen MR) is 58.0 cm³/mol. The first-order valence-corrected chi connectivity index (χ1v) is 4.94. The van der Waals surface area contributed by atoms with E-state index < -0.39 is 11.7 Å². The lowest BCUT2D eigenvalue weighted by Crippen LogP contribution is -2.18. The number of Topliss-reactive ketones (excluding diaryl/α,β-unsaturated/α-hetero) is 1. The quantitative estimate of drug-likeness (QED) is 0.820. The van der Waals surface area contributed by atoms with Gasteiger partial charge in [-0.1, -0.05) is 0 Å². The highest BCUT2D eigenvalue weighted by molar-refractivity contribution is 5.78. The Hall–Kier alpha value is -1.59. The molecule has 0 saturated carbocycles. The van der Waals surface area contributed by atoms with Crippen molar-refractivity contribution >= 4 is 11.6 Å². The van der Waals surface area contributed by atoms with Gasteiger partial charge in [0.25, 0.3) is 0 Å². The van der Waals surface area contributed by atoms with Crippen molar-refractivity contribution in [2.75, 3.05) is 19.0 Å². The number of carbonyl (C=O) groups excluding carboxylic acids is 1. The van der Waals surface area contributed by atoms with E-state index in [4.69, 9.17) is 0 Å². The lowest BCUT2D eigenvalue weighted by atomic mass is 10.1. The number of halogens is 3. The van der Waals surface area contributed by atoms with Crippen LogP contribution in [-0.4, -0.2) is 24.9 Å². The van der Waals surface area contributed by atoms with Gasteiger partial charge in [-0.05, 0) is 18.6 Å². The number of nitrogens with zero attached hydrogens (tertiary/aromatic N) is 2. The summed E-state index contributed by atoms with van der Waals surface area (Å²) in [6.45, 7) is 1.33. The summed E-state index contributed by atoms with van der Waals surface area (Å²) in [6.07, 6.45) is -3.21. The van der Waals surface area contributed by atoms with Crippen LogP contribution >= 0.6 is 0 Å². The second-order valence-corrected chi connectivity index (χ2v) is 3.99. The molecule has 0 aliphatic heterocycles. The predicted octanol–water partition coefficient (Wildman–Crippen LogP) is 2.30. The molecule has 0 fully saturated rings. The monoisotopic (exact) mass is 246 g/mol. The van der Waals surface area contributed by atoms with Crippen LogP contribution in [0.1, 0.15) is 18.1 Å². The number of carbonyl (C=O) groups is 1. The summed E-state index contributed by atoms with van der Waals surface area (Å²) in [5.74, 6) is -0.345. The maximum absolute atomic E-state index is 12.8. The zero-order valence-electron chi connectivity index (χ0n) is 9.80. The number of hydrogen-bond acceptors (Lipinski definition) is 3. The Morgan fingerprint density at radius 1 is 1.41 bits per heavy atom. The van der Waals surface area contributed by atoms with Crippen molar-refractivity contribution in [1.29, 1.82) is 0 Å². The van der Waals surface area contributed by atoms with Crippen molar-refractivity contribution in [3.63, 3.8) is 0 Å². The lowest BCUT2D eigenvalue weighted by molar-refractivity contribution is -0.137. The van der Waals surface area contributed by atoms with Gasteiger partial charge < -0.3 is 4.90 Å². The number of pyridine rings is 1. The first-order valence-electron chi connectivity index (χ1n) is 4.94. The largest absolute Gasteiger partial charge is 0.419 e. The van der Waals surface area contributed by atoms with Crippen LogP contribution < -0.4 is 4.90 Å². The van der Waals surface area contributed by atoms with Gasteiger partial charge in [0.15, 0.2) is 0 Å². The molecule has 0 radical (unpaired) electrons. The van der Waals surface area contributed by atoms with Crippen molar-refractivity contribution in [3.8, 4) is 0 Å². The standard InChI is InChI=1S/C11H13F3N2O/c1-7(17)4-8-5-9(11(12,13)14)10(15-6-8)16(2)3/h5-6H,4H2,1-3H3. The summed E-state index contributed by atoms with van der Waals surface area (Å²) < 4.78 is 38.3. The third kappa shape index (κ3) is 3.44. The molecule has 0 atom stereocenters. The maximum Gasteiger partial charge on any atom is 0.419 e. The van der Waals surface area contributed by atoms with Crippen LogP contribution in [0.25, 0.3) is 0 Å². The first kappa shape index (κ1) is 13.5. The molecule has 0 aromatic carbocycles. The van der Waals surface area contributed by atoms with Gasteiger partial charge in [-0.2, -0.15) is 13.2 Å².